The van der Waals surface area contributed by atoms with Gasteiger partial charge in [-0.25, -0.2) is 0 Å². The fourth-order valence-corrected chi connectivity index (χ4v) is 2.65. The van der Waals surface area contributed by atoms with Crippen molar-refractivity contribution >= 4 is 17.5 Å². The molecule has 2 saturated heterocycles. The number of piperidine rings is 1. The first-order valence-electron chi connectivity index (χ1n) is 3.65. The summed E-state index contributed by atoms with van der Waals surface area (Å²) in [6.45, 7) is 0.902. The predicted molar refractivity (Wildman–Crippen MR) is 42.3 cm³/mol. The van der Waals surface area contributed by atoms with E-state index in [1.54, 1.807) is 0 Å². The Kier molecular flexibility index (Phi) is 1.49. The predicted octanol–water partition coefficient (Wildman–Crippen LogP) is 0.425. The molecule has 0 aliphatic carbocycles. The van der Waals surface area contributed by atoms with Crippen LogP contribution in [-0.2, 0) is 4.79 Å². The van der Waals surface area contributed by atoms with E-state index in [1.807, 2.05) is 11.8 Å². The SMILES string of the molecule is O=C1CCNC2(CSC2)C1. The van der Waals surface area contributed by atoms with Crippen LogP contribution in [-0.4, -0.2) is 29.4 Å². The van der Waals surface area contributed by atoms with Crippen LogP contribution < -0.4 is 5.32 Å². The average molecular weight is 157 g/mol. The first-order chi connectivity index (χ1) is 4.81. The number of hydrogen-bond donors (Lipinski definition) is 1. The minimum Gasteiger partial charge on any atom is -0.309 e. The molecule has 2 fully saturated rings. The van der Waals surface area contributed by atoms with E-state index in [2.05, 4.69) is 5.32 Å². The molecule has 2 rings (SSSR count). The van der Waals surface area contributed by atoms with Crippen LogP contribution in [0.15, 0.2) is 0 Å². The van der Waals surface area contributed by atoms with Gasteiger partial charge >= 0.3 is 0 Å². The highest BCUT2D eigenvalue weighted by atomic mass is 32.2. The highest BCUT2D eigenvalue weighted by Crippen LogP contribution is 2.34. The minimum atomic E-state index is 0.236. The second-order valence-corrected chi connectivity index (χ2v) is 4.15. The molecule has 0 bridgehead atoms. The van der Waals surface area contributed by atoms with Crippen molar-refractivity contribution in [3.05, 3.63) is 0 Å². The molecular weight excluding hydrogens is 146 g/mol. The molecule has 1 N–H and O–H groups in total. The first kappa shape index (κ1) is 6.68. The van der Waals surface area contributed by atoms with Gasteiger partial charge in [-0.15, -0.1) is 0 Å². The summed E-state index contributed by atoms with van der Waals surface area (Å²) in [6, 6.07) is 0. The Labute approximate surface area is 64.8 Å². The Hall–Kier alpha value is -0.0200. The summed E-state index contributed by atoms with van der Waals surface area (Å²) >= 11 is 1.93. The van der Waals surface area contributed by atoms with Gasteiger partial charge in [0.1, 0.15) is 5.78 Å². The molecule has 56 valence electrons. The lowest BCUT2D eigenvalue weighted by Gasteiger charge is -2.44. The Bertz CT molecular complexity index is 165. The average Bonchev–Trinajstić information content (AvgIpc) is 1.85. The summed E-state index contributed by atoms with van der Waals surface area (Å²) in [5.41, 5.74) is 0.236. The zero-order chi connectivity index (χ0) is 7.03. The van der Waals surface area contributed by atoms with E-state index in [1.165, 1.54) is 0 Å². The number of carbonyl (C=O) groups is 1. The summed E-state index contributed by atoms with van der Waals surface area (Å²) in [5, 5.41) is 3.42. The Morgan fingerprint density at radius 2 is 2.30 bits per heavy atom. The largest absolute Gasteiger partial charge is 0.309 e. The van der Waals surface area contributed by atoms with Crippen molar-refractivity contribution in [1.82, 2.24) is 5.32 Å². The summed E-state index contributed by atoms with van der Waals surface area (Å²) in [4.78, 5) is 11.0. The van der Waals surface area contributed by atoms with Crippen molar-refractivity contribution in [2.45, 2.75) is 18.4 Å². The van der Waals surface area contributed by atoms with Crippen molar-refractivity contribution in [3.8, 4) is 0 Å². The fourth-order valence-electron chi connectivity index (χ4n) is 1.55. The molecule has 3 heteroatoms. The van der Waals surface area contributed by atoms with E-state index >= 15 is 0 Å². The number of Topliss-reactive ketones (excluding diaryl/α,β-unsaturated/α-hetero) is 1. The van der Waals surface area contributed by atoms with Crippen molar-refractivity contribution < 1.29 is 4.79 Å². The van der Waals surface area contributed by atoms with Gasteiger partial charge in [0.05, 0.1) is 0 Å². The second kappa shape index (κ2) is 2.24. The first-order valence-corrected chi connectivity index (χ1v) is 4.81. The van der Waals surface area contributed by atoms with Crippen LogP contribution in [0.25, 0.3) is 0 Å². The highest BCUT2D eigenvalue weighted by molar-refractivity contribution is 8.00. The molecule has 0 amide bonds. The van der Waals surface area contributed by atoms with E-state index in [9.17, 15) is 4.79 Å². The van der Waals surface area contributed by atoms with Gasteiger partial charge in [0.15, 0.2) is 0 Å². The third kappa shape index (κ3) is 0.974. The zero-order valence-corrected chi connectivity index (χ0v) is 6.67. The minimum absolute atomic E-state index is 0.236. The van der Waals surface area contributed by atoms with Gasteiger partial charge in [-0.3, -0.25) is 4.79 Å². The molecule has 2 aliphatic rings. The Morgan fingerprint density at radius 3 is 2.70 bits per heavy atom. The van der Waals surface area contributed by atoms with Crippen LogP contribution in [0, 0.1) is 0 Å². The van der Waals surface area contributed by atoms with E-state index in [4.69, 9.17) is 0 Å². The summed E-state index contributed by atoms with van der Waals surface area (Å²) < 4.78 is 0. The molecule has 0 aromatic rings. The molecule has 0 radical (unpaired) electrons. The third-order valence-corrected chi connectivity index (χ3v) is 3.71. The van der Waals surface area contributed by atoms with Gasteiger partial charge in [0.2, 0.25) is 0 Å². The van der Waals surface area contributed by atoms with Crippen molar-refractivity contribution in [1.29, 1.82) is 0 Å². The van der Waals surface area contributed by atoms with Crippen molar-refractivity contribution in [2.24, 2.45) is 0 Å². The van der Waals surface area contributed by atoms with E-state index < -0.39 is 0 Å². The number of hydrogen-bond acceptors (Lipinski definition) is 3. The lowest BCUT2D eigenvalue weighted by molar-refractivity contribution is -0.121. The summed E-state index contributed by atoms with van der Waals surface area (Å²) in [7, 11) is 0. The molecule has 0 aromatic carbocycles. The lowest BCUT2D eigenvalue weighted by atomic mass is 9.91. The van der Waals surface area contributed by atoms with Gasteiger partial charge in [-0.1, -0.05) is 0 Å². The topological polar surface area (TPSA) is 29.1 Å². The smallest absolute Gasteiger partial charge is 0.136 e. The van der Waals surface area contributed by atoms with E-state index in [0.717, 1.165) is 30.9 Å². The van der Waals surface area contributed by atoms with Crippen LogP contribution in [0.1, 0.15) is 12.8 Å². The van der Waals surface area contributed by atoms with Crippen LogP contribution in [0.5, 0.6) is 0 Å². The fraction of sp³-hybridized carbons (Fsp3) is 0.857. The second-order valence-electron chi connectivity index (χ2n) is 3.17. The molecule has 2 aliphatic heterocycles. The molecular formula is C7H11NOS. The standard InChI is InChI=1S/C7H11NOS/c9-6-1-2-8-7(3-6)4-10-5-7/h8H,1-5H2. The normalized spacial score (nSPS) is 30.2. The lowest BCUT2D eigenvalue weighted by Crippen LogP contribution is -2.60. The number of carbonyl (C=O) groups excluding carboxylic acids is 1. The van der Waals surface area contributed by atoms with Crippen LogP contribution in [0.4, 0.5) is 0 Å². The van der Waals surface area contributed by atoms with Crippen LogP contribution >= 0.6 is 11.8 Å². The Morgan fingerprint density at radius 1 is 1.50 bits per heavy atom. The summed E-state index contributed by atoms with van der Waals surface area (Å²) in [5.74, 6) is 2.72. The van der Waals surface area contributed by atoms with Gasteiger partial charge in [-0.2, -0.15) is 11.8 Å². The quantitative estimate of drug-likeness (QED) is 0.552. The molecule has 0 atom stereocenters. The Balaban J connectivity index is 2.02. The summed E-state index contributed by atoms with van der Waals surface area (Å²) in [6.07, 6.45) is 1.52. The van der Waals surface area contributed by atoms with Crippen LogP contribution in [0.3, 0.4) is 0 Å². The molecule has 1 spiro atoms. The van der Waals surface area contributed by atoms with Crippen LogP contribution in [0.2, 0.25) is 0 Å². The monoisotopic (exact) mass is 157 g/mol. The molecule has 0 unspecified atom stereocenters. The third-order valence-electron chi connectivity index (χ3n) is 2.20. The maximum atomic E-state index is 11.0. The van der Waals surface area contributed by atoms with Gasteiger partial charge < -0.3 is 5.32 Å². The highest BCUT2D eigenvalue weighted by Gasteiger charge is 2.41. The van der Waals surface area contributed by atoms with Gasteiger partial charge in [0.25, 0.3) is 0 Å². The molecule has 2 heterocycles. The van der Waals surface area contributed by atoms with E-state index in [-0.39, 0.29) is 5.54 Å². The van der Waals surface area contributed by atoms with E-state index in [0.29, 0.717) is 5.78 Å². The van der Waals surface area contributed by atoms with Gasteiger partial charge in [0, 0.05) is 36.4 Å². The molecule has 0 aromatic heterocycles. The number of rotatable bonds is 0. The number of thioether (sulfide) groups is 1. The van der Waals surface area contributed by atoms with Gasteiger partial charge in [-0.05, 0) is 0 Å². The molecule has 0 saturated carbocycles. The maximum absolute atomic E-state index is 11.0. The zero-order valence-electron chi connectivity index (χ0n) is 5.85. The van der Waals surface area contributed by atoms with Crippen molar-refractivity contribution in [2.75, 3.05) is 18.1 Å². The number of ketones is 1. The van der Waals surface area contributed by atoms with Crippen molar-refractivity contribution in [3.63, 3.8) is 0 Å². The number of nitrogens with one attached hydrogen (secondary N) is 1. The molecule has 2 nitrogen and oxygen atoms in total. The maximum Gasteiger partial charge on any atom is 0.136 e. The molecule has 10 heavy (non-hydrogen) atoms.